The molecule has 1 heterocycles. The smallest absolute Gasteiger partial charge is 0.325 e. The summed E-state index contributed by atoms with van der Waals surface area (Å²) in [5, 5.41) is 0.714. The van der Waals surface area contributed by atoms with E-state index >= 15 is 0 Å². The second-order valence-corrected chi connectivity index (χ2v) is 5.64. The van der Waals surface area contributed by atoms with Crippen molar-refractivity contribution in [3.63, 3.8) is 0 Å². The number of carbonyl (C=O) groups is 1. The quantitative estimate of drug-likeness (QED) is 0.817. The van der Waals surface area contributed by atoms with Crippen LogP contribution in [0, 0.1) is 0 Å². The van der Waals surface area contributed by atoms with Gasteiger partial charge in [0, 0.05) is 24.2 Å². The van der Waals surface area contributed by atoms with Gasteiger partial charge < -0.3 is 15.2 Å². The van der Waals surface area contributed by atoms with E-state index in [1.807, 2.05) is 29.2 Å². The first-order valence-electron chi connectivity index (χ1n) is 7.00. The van der Waals surface area contributed by atoms with Gasteiger partial charge in [0.1, 0.15) is 6.04 Å². The van der Waals surface area contributed by atoms with E-state index in [2.05, 4.69) is 0 Å². The van der Waals surface area contributed by atoms with E-state index in [9.17, 15) is 4.79 Å². The second kappa shape index (κ2) is 9.33. The highest BCUT2D eigenvalue weighted by Crippen LogP contribution is 2.13. The Morgan fingerprint density at radius 1 is 1.50 bits per heavy atom. The normalized spacial score (nSPS) is 20.0. The Bertz CT molecular complexity index is 470. The largest absolute Gasteiger partial charge is 0.468 e. The first-order valence-corrected chi connectivity index (χ1v) is 7.37. The van der Waals surface area contributed by atoms with Crippen molar-refractivity contribution >= 4 is 30.0 Å². The summed E-state index contributed by atoms with van der Waals surface area (Å²) in [4.78, 5) is 13.8. The Morgan fingerprint density at radius 2 is 2.18 bits per heavy atom. The highest BCUT2D eigenvalue weighted by Gasteiger charge is 2.31. The lowest BCUT2D eigenvalue weighted by molar-refractivity contribution is -0.153. The standard InChI is InChI=1S/C15H21ClN2O3.ClH/c1-20-15(19)14-10-21-7-6-18(14)9-13(17)8-11-2-4-12(16)5-3-11;/h2-5,13-14H,6-10,17H2,1H3;1H/t13-,14-;/m0./s1. The van der Waals surface area contributed by atoms with Gasteiger partial charge in [-0.2, -0.15) is 0 Å². The number of rotatable bonds is 5. The number of methoxy groups -OCH3 is 1. The van der Waals surface area contributed by atoms with Crippen LogP contribution in [0.5, 0.6) is 0 Å². The summed E-state index contributed by atoms with van der Waals surface area (Å²) in [5.41, 5.74) is 7.34. The van der Waals surface area contributed by atoms with Crippen LogP contribution < -0.4 is 5.73 Å². The molecule has 0 spiro atoms. The fourth-order valence-corrected chi connectivity index (χ4v) is 2.62. The molecule has 1 saturated heterocycles. The van der Waals surface area contributed by atoms with Crippen molar-refractivity contribution in [2.45, 2.75) is 18.5 Å². The molecule has 0 unspecified atom stereocenters. The van der Waals surface area contributed by atoms with Crippen molar-refractivity contribution in [2.75, 3.05) is 33.4 Å². The van der Waals surface area contributed by atoms with Gasteiger partial charge in [0.05, 0.1) is 20.3 Å². The SMILES string of the molecule is COC(=O)[C@@H]1COCCN1C[C@@H](N)Cc1ccc(Cl)cc1.Cl. The van der Waals surface area contributed by atoms with E-state index < -0.39 is 0 Å². The Morgan fingerprint density at radius 3 is 2.82 bits per heavy atom. The molecular formula is C15H22Cl2N2O3. The van der Waals surface area contributed by atoms with Crippen LogP contribution in [0.2, 0.25) is 5.02 Å². The number of nitrogens with zero attached hydrogens (tertiary/aromatic N) is 1. The predicted octanol–water partition coefficient (Wildman–Crippen LogP) is 1.51. The van der Waals surface area contributed by atoms with Crippen LogP contribution in [0.15, 0.2) is 24.3 Å². The summed E-state index contributed by atoms with van der Waals surface area (Å²) in [6, 6.07) is 7.24. The van der Waals surface area contributed by atoms with Crippen LogP contribution in [0.3, 0.4) is 0 Å². The Kier molecular flexibility index (Phi) is 8.14. The average molecular weight is 349 g/mol. The maximum atomic E-state index is 11.8. The highest BCUT2D eigenvalue weighted by atomic mass is 35.5. The molecule has 124 valence electrons. The first-order chi connectivity index (χ1) is 10.1. The topological polar surface area (TPSA) is 64.8 Å². The molecular weight excluding hydrogens is 327 g/mol. The fraction of sp³-hybridized carbons (Fsp3) is 0.533. The van der Waals surface area contributed by atoms with Crippen LogP contribution in [0.25, 0.3) is 0 Å². The lowest BCUT2D eigenvalue weighted by Gasteiger charge is -2.35. The van der Waals surface area contributed by atoms with Gasteiger partial charge in [-0.05, 0) is 24.1 Å². The Hall–Kier alpha value is -0.850. The van der Waals surface area contributed by atoms with E-state index in [0.717, 1.165) is 12.0 Å². The minimum Gasteiger partial charge on any atom is -0.468 e. The monoisotopic (exact) mass is 348 g/mol. The van der Waals surface area contributed by atoms with Gasteiger partial charge in [0.15, 0.2) is 0 Å². The first kappa shape index (κ1) is 19.2. The third kappa shape index (κ3) is 5.41. The third-order valence-corrected chi connectivity index (χ3v) is 3.84. The molecule has 5 nitrogen and oxygen atoms in total. The lowest BCUT2D eigenvalue weighted by Crippen LogP contribution is -2.54. The molecule has 1 aliphatic rings. The van der Waals surface area contributed by atoms with Gasteiger partial charge in [0.25, 0.3) is 0 Å². The summed E-state index contributed by atoms with van der Waals surface area (Å²) < 4.78 is 10.2. The van der Waals surface area contributed by atoms with Crippen molar-refractivity contribution in [1.29, 1.82) is 0 Å². The van der Waals surface area contributed by atoms with E-state index in [1.165, 1.54) is 7.11 Å². The van der Waals surface area contributed by atoms with Crippen LogP contribution >= 0.6 is 24.0 Å². The molecule has 1 fully saturated rings. The van der Waals surface area contributed by atoms with E-state index in [4.69, 9.17) is 26.8 Å². The molecule has 1 aromatic rings. The van der Waals surface area contributed by atoms with Gasteiger partial charge >= 0.3 is 5.97 Å². The van der Waals surface area contributed by atoms with Crippen molar-refractivity contribution < 1.29 is 14.3 Å². The minimum absolute atomic E-state index is 0. The summed E-state index contributed by atoms with van der Waals surface area (Å²) in [5.74, 6) is -0.270. The molecule has 0 radical (unpaired) electrons. The number of carbonyl (C=O) groups excluding carboxylic acids is 1. The zero-order valence-electron chi connectivity index (χ0n) is 12.5. The number of halogens is 2. The molecule has 2 atom stereocenters. The van der Waals surface area contributed by atoms with Crippen LogP contribution in [-0.2, 0) is 20.7 Å². The van der Waals surface area contributed by atoms with E-state index in [0.29, 0.717) is 31.3 Å². The van der Waals surface area contributed by atoms with Crippen molar-refractivity contribution in [2.24, 2.45) is 5.73 Å². The van der Waals surface area contributed by atoms with Crippen LogP contribution in [-0.4, -0.2) is 56.4 Å². The van der Waals surface area contributed by atoms with Crippen LogP contribution in [0.1, 0.15) is 5.56 Å². The summed E-state index contributed by atoms with van der Waals surface area (Å²) in [6.07, 6.45) is 0.739. The second-order valence-electron chi connectivity index (χ2n) is 5.20. The molecule has 7 heteroatoms. The molecule has 0 saturated carbocycles. The zero-order valence-corrected chi connectivity index (χ0v) is 14.1. The molecule has 0 aliphatic carbocycles. The summed E-state index contributed by atoms with van der Waals surface area (Å²) in [7, 11) is 1.39. The molecule has 2 N–H and O–H groups in total. The predicted molar refractivity (Wildman–Crippen MR) is 88.6 cm³/mol. The van der Waals surface area contributed by atoms with E-state index in [1.54, 1.807) is 0 Å². The Labute approximate surface area is 142 Å². The van der Waals surface area contributed by atoms with Crippen LogP contribution in [0.4, 0.5) is 0 Å². The Balaban J connectivity index is 0.00000242. The molecule has 22 heavy (non-hydrogen) atoms. The number of hydrogen-bond acceptors (Lipinski definition) is 5. The number of hydrogen-bond donors (Lipinski definition) is 1. The maximum absolute atomic E-state index is 11.8. The van der Waals surface area contributed by atoms with Crippen molar-refractivity contribution in [1.82, 2.24) is 4.90 Å². The van der Waals surface area contributed by atoms with Gasteiger partial charge in [-0.1, -0.05) is 23.7 Å². The van der Waals surface area contributed by atoms with E-state index in [-0.39, 0.29) is 30.5 Å². The zero-order chi connectivity index (χ0) is 15.2. The molecule has 0 aromatic heterocycles. The lowest BCUT2D eigenvalue weighted by atomic mass is 10.1. The number of benzene rings is 1. The number of ether oxygens (including phenoxy) is 2. The van der Waals surface area contributed by atoms with Gasteiger partial charge in [-0.25, -0.2) is 0 Å². The summed E-state index contributed by atoms with van der Waals surface area (Å²) >= 11 is 5.87. The van der Waals surface area contributed by atoms with Gasteiger partial charge in [-0.3, -0.25) is 9.69 Å². The highest BCUT2D eigenvalue weighted by molar-refractivity contribution is 6.30. The number of morpholine rings is 1. The molecule has 2 rings (SSSR count). The molecule has 1 aliphatic heterocycles. The van der Waals surface area contributed by atoms with Gasteiger partial charge in [0.2, 0.25) is 0 Å². The number of nitrogens with two attached hydrogens (primary N) is 1. The molecule has 1 aromatic carbocycles. The average Bonchev–Trinajstić information content (AvgIpc) is 2.49. The number of esters is 1. The maximum Gasteiger partial charge on any atom is 0.325 e. The third-order valence-electron chi connectivity index (χ3n) is 3.59. The summed E-state index contributed by atoms with van der Waals surface area (Å²) in [6.45, 7) is 2.29. The molecule has 0 bridgehead atoms. The molecule has 0 amide bonds. The fourth-order valence-electron chi connectivity index (χ4n) is 2.50. The minimum atomic E-state index is -0.361. The van der Waals surface area contributed by atoms with Crippen molar-refractivity contribution in [3.8, 4) is 0 Å². The van der Waals surface area contributed by atoms with Crippen molar-refractivity contribution in [3.05, 3.63) is 34.9 Å². The van der Waals surface area contributed by atoms with Gasteiger partial charge in [-0.15, -0.1) is 12.4 Å².